The van der Waals surface area contributed by atoms with Crippen LogP contribution in [0.2, 0.25) is 0 Å². The molecule has 7 heteroatoms. The molecule has 130 valence electrons. The van der Waals surface area contributed by atoms with Gasteiger partial charge in [0, 0.05) is 6.54 Å². The van der Waals surface area contributed by atoms with Crippen molar-refractivity contribution in [1.82, 2.24) is 24.9 Å². The normalized spacial score (nSPS) is 17.4. The average Bonchev–Trinajstić information content (AvgIpc) is 3.39. The van der Waals surface area contributed by atoms with Gasteiger partial charge >= 0.3 is 0 Å². The minimum absolute atomic E-state index is 0.0645. The summed E-state index contributed by atoms with van der Waals surface area (Å²) in [5.74, 6) is 0.0717. The number of likely N-dealkylation sites (tertiary alicyclic amines) is 1. The third kappa shape index (κ3) is 2.55. The van der Waals surface area contributed by atoms with Crippen LogP contribution in [0.1, 0.15) is 23.9 Å². The summed E-state index contributed by atoms with van der Waals surface area (Å²) in [6.45, 7) is 0.980. The number of carbonyl (C=O) groups excluding carboxylic acids is 1. The maximum atomic E-state index is 13.0. The summed E-state index contributed by atoms with van der Waals surface area (Å²) < 4.78 is 2.86. The van der Waals surface area contributed by atoms with Gasteiger partial charge in [-0.05, 0) is 37.1 Å². The minimum atomic E-state index is 0.0645. The highest BCUT2D eigenvalue weighted by atomic mass is 32.1. The van der Waals surface area contributed by atoms with Crippen molar-refractivity contribution < 1.29 is 4.79 Å². The lowest BCUT2D eigenvalue weighted by Crippen LogP contribution is -2.33. The molecule has 6 nitrogen and oxygen atoms in total. The fourth-order valence-electron chi connectivity index (χ4n) is 3.61. The van der Waals surface area contributed by atoms with Crippen LogP contribution in [0.5, 0.6) is 0 Å². The quantitative estimate of drug-likeness (QED) is 0.560. The van der Waals surface area contributed by atoms with Gasteiger partial charge in [-0.1, -0.05) is 29.5 Å². The van der Waals surface area contributed by atoms with Gasteiger partial charge in [0.15, 0.2) is 0 Å². The molecular formula is C19H17N5OS. The molecule has 1 fully saturated rings. The van der Waals surface area contributed by atoms with Gasteiger partial charge in [0.25, 0.3) is 0 Å². The molecule has 1 atom stereocenters. The number of rotatable bonds is 3. The molecule has 2 aromatic carbocycles. The number of carbonyl (C=O) groups is 1. The predicted molar refractivity (Wildman–Crippen MR) is 101 cm³/mol. The number of hydrogen-bond acceptors (Lipinski definition) is 5. The zero-order valence-corrected chi connectivity index (χ0v) is 14.9. The van der Waals surface area contributed by atoms with Crippen LogP contribution in [-0.4, -0.2) is 37.3 Å². The Morgan fingerprint density at radius 1 is 1.12 bits per heavy atom. The third-order valence-electron chi connectivity index (χ3n) is 4.87. The molecule has 1 aliphatic heterocycles. The molecule has 2 aromatic heterocycles. The van der Waals surface area contributed by atoms with E-state index in [4.69, 9.17) is 4.98 Å². The van der Waals surface area contributed by atoms with Gasteiger partial charge in [-0.2, -0.15) is 0 Å². The maximum Gasteiger partial charge on any atom is 0.244 e. The molecule has 1 aliphatic rings. The Morgan fingerprint density at radius 2 is 1.92 bits per heavy atom. The molecule has 0 bridgehead atoms. The number of fused-ring (bicyclic) bond motifs is 2. The summed E-state index contributed by atoms with van der Waals surface area (Å²) in [6, 6.07) is 15.9. The van der Waals surface area contributed by atoms with E-state index in [9.17, 15) is 4.79 Å². The number of thiazole rings is 1. The van der Waals surface area contributed by atoms with Crippen LogP contribution < -0.4 is 0 Å². The standard InChI is InChI=1S/C19H17N5OS/c25-18(12-24-15-8-3-1-6-13(15)21-22-24)23-11-5-9-16(23)19-20-14-7-2-4-10-17(14)26-19/h1-4,6-8,10,16H,5,9,11-12H2/t16-/m0/s1. The Bertz CT molecular complexity index is 1070. The molecule has 0 unspecified atom stereocenters. The monoisotopic (exact) mass is 363 g/mol. The fourth-order valence-corrected chi connectivity index (χ4v) is 4.72. The zero-order chi connectivity index (χ0) is 17.5. The van der Waals surface area contributed by atoms with Gasteiger partial charge in [-0.3, -0.25) is 4.79 Å². The first-order valence-electron chi connectivity index (χ1n) is 8.73. The lowest BCUT2D eigenvalue weighted by molar-refractivity contribution is -0.132. The number of hydrogen-bond donors (Lipinski definition) is 0. The maximum absolute atomic E-state index is 13.0. The van der Waals surface area contributed by atoms with E-state index in [2.05, 4.69) is 16.4 Å². The minimum Gasteiger partial charge on any atom is -0.332 e. The van der Waals surface area contributed by atoms with Crippen molar-refractivity contribution in [3.05, 3.63) is 53.5 Å². The van der Waals surface area contributed by atoms with Gasteiger partial charge in [-0.25, -0.2) is 9.67 Å². The van der Waals surface area contributed by atoms with Gasteiger partial charge in [0.2, 0.25) is 5.91 Å². The second-order valence-electron chi connectivity index (χ2n) is 6.50. The van der Waals surface area contributed by atoms with E-state index < -0.39 is 0 Å². The molecule has 1 amide bonds. The van der Waals surface area contributed by atoms with Crippen LogP contribution in [0.3, 0.4) is 0 Å². The van der Waals surface area contributed by atoms with E-state index in [1.165, 1.54) is 4.70 Å². The molecule has 4 aromatic rings. The fraction of sp³-hybridized carbons (Fsp3) is 0.263. The summed E-state index contributed by atoms with van der Waals surface area (Å²) in [4.78, 5) is 19.7. The molecule has 26 heavy (non-hydrogen) atoms. The van der Waals surface area contributed by atoms with Gasteiger partial charge in [0.05, 0.1) is 21.8 Å². The Hall–Kier alpha value is -2.80. The average molecular weight is 363 g/mol. The van der Waals surface area contributed by atoms with Crippen molar-refractivity contribution in [2.75, 3.05) is 6.54 Å². The van der Waals surface area contributed by atoms with Crippen molar-refractivity contribution in [2.45, 2.75) is 25.4 Å². The third-order valence-corrected chi connectivity index (χ3v) is 6.01. The van der Waals surface area contributed by atoms with Gasteiger partial charge in [-0.15, -0.1) is 16.4 Å². The molecule has 0 aliphatic carbocycles. The van der Waals surface area contributed by atoms with Crippen molar-refractivity contribution in [3.8, 4) is 0 Å². The van der Waals surface area contributed by atoms with Crippen molar-refractivity contribution >= 4 is 38.5 Å². The Morgan fingerprint density at radius 3 is 2.81 bits per heavy atom. The van der Waals surface area contributed by atoms with Crippen LogP contribution in [0.15, 0.2) is 48.5 Å². The summed E-state index contributed by atoms with van der Waals surface area (Å²) in [6.07, 6.45) is 1.97. The van der Waals surface area contributed by atoms with Gasteiger partial charge < -0.3 is 4.90 Å². The second-order valence-corrected chi connectivity index (χ2v) is 7.56. The summed E-state index contributed by atoms with van der Waals surface area (Å²) in [5, 5.41) is 9.31. The lowest BCUT2D eigenvalue weighted by atomic mass is 10.2. The number of para-hydroxylation sites is 2. The van der Waals surface area contributed by atoms with E-state index in [0.29, 0.717) is 0 Å². The first-order valence-corrected chi connectivity index (χ1v) is 9.54. The largest absolute Gasteiger partial charge is 0.332 e. The molecule has 3 heterocycles. The topological polar surface area (TPSA) is 63.9 Å². The predicted octanol–water partition coefficient (Wildman–Crippen LogP) is 3.40. The molecular weight excluding hydrogens is 346 g/mol. The second kappa shape index (κ2) is 6.17. The van der Waals surface area contributed by atoms with Crippen LogP contribution >= 0.6 is 11.3 Å². The molecule has 0 saturated carbocycles. The van der Waals surface area contributed by atoms with E-state index in [1.54, 1.807) is 16.0 Å². The smallest absolute Gasteiger partial charge is 0.244 e. The van der Waals surface area contributed by atoms with Crippen molar-refractivity contribution in [1.29, 1.82) is 0 Å². The number of benzene rings is 2. The summed E-state index contributed by atoms with van der Waals surface area (Å²) in [7, 11) is 0. The number of aromatic nitrogens is 4. The van der Waals surface area contributed by atoms with Crippen LogP contribution in [0.4, 0.5) is 0 Å². The highest BCUT2D eigenvalue weighted by Gasteiger charge is 2.32. The number of amides is 1. The first-order chi connectivity index (χ1) is 12.8. The lowest BCUT2D eigenvalue weighted by Gasteiger charge is -2.23. The van der Waals surface area contributed by atoms with Gasteiger partial charge in [0.1, 0.15) is 17.1 Å². The van der Waals surface area contributed by atoms with Crippen LogP contribution in [0.25, 0.3) is 21.3 Å². The van der Waals surface area contributed by atoms with E-state index in [0.717, 1.165) is 40.9 Å². The Labute approximate surface area is 154 Å². The molecule has 5 rings (SSSR count). The SMILES string of the molecule is O=C(Cn1nnc2ccccc21)N1CCC[C@H]1c1nc2ccccc2s1. The van der Waals surface area contributed by atoms with E-state index in [1.807, 2.05) is 47.4 Å². The van der Waals surface area contributed by atoms with E-state index in [-0.39, 0.29) is 18.5 Å². The Balaban J connectivity index is 1.42. The first kappa shape index (κ1) is 15.5. The summed E-state index contributed by atoms with van der Waals surface area (Å²) >= 11 is 1.69. The molecule has 0 spiro atoms. The van der Waals surface area contributed by atoms with Crippen molar-refractivity contribution in [3.63, 3.8) is 0 Å². The Kier molecular flexibility index (Phi) is 3.67. The van der Waals surface area contributed by atoms with E-state index >= 15 is 0 Å². The van der Waals surface area contributed by atoms with Crippen LogP contribution in [0, 0.1) is 0 Å². The van der Waals surface area contributed by atoms with Crippen LogP contribution in [-0.2, 0) is 11.3 Å². The highest BCUT2D eigenvalue weighted by Crippen LogP contribution is 2.36. The number of nitrogens with zero attached hydrogens (tertiary/aromatic N) is 5. The summed E-state index contributed by atoms with van der Waals surface area (Å²) in [5.41, 5.74) is 2.70. The zero-order valence-electron chi connectivity index (χ0n) is 14.1. The van der Waals surface area contributed by atoms with Crippen molar-refractivity contribution in [2.24, 2.45) is 0 Å². The highest BCUT2D eigenvalue weighted by molar-refractivity contribution is 7.18. The molecule has 0 radical (unpaired) electrons. The molecule has 0 N–H and O–H groups in total. The molecule has 1 saturated heterocycles.